The van der Waals surface area contributed by atoms with Crippen molar-refractivity contribution in [2.24, 2.45) is 0 Å². The van der Waals surface area contributed by atoms with Crippen molar-refractivity contribution in [2.75, 3.05) is 13.1 Å². The van der Waals surface area contributed by atoms with Gasteiger partial charge in [0.1, 0.15) is 5.69 Å². The third-order valence-corrected chi connectivity index (χ3v) is 3.87. The van der Waals surface area contributed by atoms with Gasteiger partial charge in [0.05, 0.1) is 5.60 Å². The van der Waals surface area contributed by atoms with Gasteiger partial charge in [-0.1, -0.05) is 6.92 Å². The zero-order valence-corrected chi connectivity index (χ0v) is 12.7. The fourth-order valence-electron chi connectivity index (χ4n) is 2.56. The molecular formula is C15H23N3O3. The fourth-order valence-corrected chi connectivity index (χ4v) is 2.56. The van der Waals surface area contributed by atoms with E-state index in [9.17, 15) is 14.7 Å². The summed E-state index contributed by atoms with van der Waals surface area (Å²) in [6, 6.07) is 2.88. The van der Waals surface area contributed by atoms with Crippen LogP contribution in [0.5, 0.6) is 0 Å². The Kier molecular flexibility index (Phi) is 4.77. The van der Waals surface area contributed by atoms with Gasteiger partial charge in [-0.25, -0.2) is 4.68 Å². The second-order valence-electron chi connectivity index (χ2n) is 5.92. The minimum atomic E-state index is -0.705. The molecular weight excluding hydrogens is 270 g/mol. The highest BCUT2D eigenvalue weighted by molar-refractivity contribution is 5.92. The Balaban J connectivity index is 2.16. The molecule has 2 heterocycles. The van der Waals surface area contributed by atoms with Crippen LogP contribution in [-0.2, 0) is 6.54 Å². The van der Waals surface area contributed by atoms with Crippen molar-refractivity contribution in [1.82, 2.24) is 14.7 Å². The standard InChI is InChI=1S/C15H23N3O3/c1-3-9-18-13(19)6-5-12(16-18)14(20)17-10-4-7-15(2,21)8-11-17/h5-6,21H,3-4,7-11H2,1-2H3. The maximum Gasteiger partial charge on any atom is 0.274 e. The zero-order valence-electron chi connectivity index (χ0n) is 12.7. The Bertz CT molecular complexity index is 566. The molecule has 1 amide bonds. The zero-order chi connectivity index (χ0) is 15.5. The monoisotopic (exact) mass is 293 g/mol. The molecule has 1 aliphatic heterocycles. The summed E-state index contributed by atoms with van der Waals surface area (Å²) < 4.78 is 1.33. The third-order valence-electron chi connectivity index (χ3n) is 3.87. The SMILES string of the molecule is CCCn1nc(C(=O)N2CCCC(C)(O)CC2)ccc1=O. The highest BCUT2D eigenvalue weighted by Gasteiger charge is 2.28. The summed E-state index contributed by atoms with van der Waals surface area (Å²) in [5.41, 5.74) is -0.597. The van der Waals surface area contributed by atoms with E-state index in [4.69, 9.17) is 0 Å². The van der Waals surface area contributed by atoms with E-state index >= 15 is 0 Å². The number of aliphatic hydroxyl groups is 1. The summed E-state index contributed by atoms with van der Waals surface area (Å²) in [4.78, 5) is 25.9. The smallest absolute Gasteiger partial charge is 0.274 e. The number of rotatable bonds is 3. The first-order valence-electron chi connectivity index (χ1n) is 7.53. The van der Waals surface area contributed by atoms with E-state index in [1.807, 2.05) is 6.92 Å². The van der Waals surface area contributed by atoms with Crippen LogP contribution in [0.1, 0.15) is 50.0 Å². The van der Waals surface area contributed by atoms with Crippen molar-refractivity contribution >= 4 is 5.91 Å². The second kappa shape index (κ2) is 6.39. The van der Waals surface area contributed by atoms with Crippen molar-refractivity contribution in [3.05, 3.63) is 28.2 Å². The Labute approximate surface area is 124 Å². The molecule has 0 aliphatic carbocycles. The maximum atomic E-state index is 12.5. The lowest BCUT2D eigenvalue weighted by molar-refractivity contribution is 0.0437. The summed E-state index contributed by atoms with van der Waals surface area (Å²) in [7, 11) is 0. The van der Waals surface area contributed by atoms with E-state index in [-0.39, 0.29) is 11.5 Å². The van der Waals surface area contributed by atoms with E-state index in [1.165, 1.54) is 16.8 Å². The number of carbonyl (C=O) groups excluding carboxylic acids is 1. The molecule has 0 bridgehead atoms. The molecule has 2 rings (SSSR count). The highest BCUT2D eigenvalue weighted by Crippen LogP contribution is 2.22. The van der Waals surface area contributed by atoms with E-state index < -0.39 is 5.60 Å². The average molecular weight is 293 g/mol. The van der Waals surface area contributed by atoms with E-state index in [1.54, 1.807) is 11.8 Å². The van der Waals surface area contributed by atoms with E-state index in [2.05, 4.69) is 5.10 Å². The van der Waals surface area contributed by atoms with Gasteiger partial charge < -0.3 is 10.0 Å². The van der Waals surface area contributed by atoms with Crippen LogP contribution >= 0.6 is 0 Å². The number of amides is 1. The molecule has 6 nitrogen and oxygen atoms in total. The normalized spacial score (nSPS) is 22.9. The molecule has 0 aromatic carbocycles. The van der Waals surface area contributed by atoms with Gasteiger partial charge in [0.2, 0.25) is 0 Å². The molecule has 1 saturated heterocycles. The van der Waals surface area contributed by atoms with E-state index in [0.717, 1.165) is 12.8 Å². The molecule has 21 heavy (non-hydrogen) atoms. The van der Waals surface area contributed by atoms with Crippen molar-refractivity contribution in [3.8, 4) is 0 Å². The van der Waals surface area contributed by atoms with Crippen LogP contribution in [0.4, 0.5) is 0 Å². The van der Waals surface area contributed by atoms with Gasteiger partial charge in [-0.3, -0.25) is 9.59 Å². The second-order valence-corrected chi connectivity index (χ2v) is 5.92. The molecule has 1 N–H and O–H groups in total. The molecule has 1 aromatic heterocycles. The predicted octanol–water partition coefficient (Wildman–Crippen LogP) is 1.03. The number of nitrogens with zero attached hydrogens (tertiary/aromatic N) is 3. The van der Waals surface area contributed by atoms with Crippen LogP contribution in [0.3, 0.4) is 0 Å². The summed E-state index contributed by atoms with van der Waals surface area (Å²) in [5, 5.41) is 14.2. The molecule has 116 valence electrons. The third kappa shape index (κ3) is 3.91. The van der Waals surface area contributed by atoms with Crippen LogP contribution in [0.25, 0.3) is 0 Å². The number of likely N-dealkylation sites (tertiary alicyclic amines) is 1. The Morgan fingerprint density at radius 1 is 1.38 bits per heavy atom. The quantitative estimate of drug-likeness (QED) is 0.903. The van der Waals surface area contributed by atoms with Crippen molar-refractivity contribution < 1.29 is 9.90 Å². The molecule has 1 aromatic rings. The fraction of sp³-hybridized carbons (Fsp3) is 0.667. The van der Waals surface area contributed by atoms with Crippen LogP contribution in [-0.4, -0.2) is 44.4 Å². The number of aryl methyl sites for hydroxylation is 1. The first-order valence-corrected chi connectivity index (χ1v) is 7.53. The number of carbonyl (C=O) groups is 1. The van der Waals surface area contributed by atoms with Gasteiger partial charge in [-0.05, 0) is 38.7 Å². The Morgan fingerprint density at radius 3 is 2.86 bits per heavy atom. The average Bonchev–Trinajstić information content (AvgIpc) is 2.62. The summed E-state index contributed by atoms with van der Waals surface area (Å²) in [6.07, 6.45) is 2.82. The Hall–Kier alpha value is -1.69. The molecule has 1 aliphatic rings. The first kappa shape index (κ1) is 15.7. The van der Waals surface area contributed by atoms with Gasteiger partial charge in [0.25, 0.3) is 11.5 Å². The van der Waals surface area contributed by atoms with Gasteiger partial charge in [0, 0.05) is 25.7 Å². The van der Waals surface area contributed by atoms with Crippen LogP contribution in [0, 0.1) is 0 Å². The summed E-state index contributed by atoms with van der Waals surface area (Å²) >= 11 is 0. The molecule has 0 radical (unpaired) electrons. The molecule has 0 spiro atoms. The number of aromatic nitrogens is 2. The van der Waals surface area contributed by atoms with Crippen LogP contribution in [0.15, 0.2) is 16.9 Å². The molecule has 1 atom stereocenters. The predicted molar refractivity (Wildman–Crippen MR) is 79.2 cm³/mol. The molecule has 1 unspecified atom stereocenters. The van der Waals surface area contributed by atoms with Gasteiger partial charge in [-0.2, -0.15) is 5.10 Å². The number of hydrogen-bond acceptors (Lipinski definition) is 4. The number of hydrogen-bond donors (Lipinski definition) is 1. The lowest BCUT2D eigenvalue weighted by Crippen LogP contribution is -2.35. The highest BCUT2D eigenvalue weighted by atomic mass is 16.3. The minimum Gasteiger partial charge on any atom is -0.390 e. The molecule has 6 heteroatoms. The maximum absolute atomic E-state index is 12.5. The molecule has 0 saturated carbocycles. The topological polar surface area (TPSA) is 75.4 Å². The van der Waals surface area contributed by atoms with Crippen LogP contribution in [0.2, 0.25) is 0 Å². The van der Waals surface area contributed by atoms with Crippen molar-refractivity contribution in [3.63, 3.8) is 0 Å². The van der Waals surface area contributed by atoms with Gasteiger partial charge in [0.15, 0.2) is 0 Å². The Morgan fingerprint density at radius 2 is 2.14 bits per heavy atom. The summed E-state index contributed by atoms with van der Waals surface area (Å²) in [6.45, 7) is 5.40. The van der Waals surface area contributed by atoms with Gasteiger partial charge in [-0.15, -0.1) is 0 Å². The lowest BCUT2D eigenvalue weighted by Gasteiger charge is -2.22. The summed E-state index contributed by atoms with van der Waals surface area (Å²) in [5.74, 6) is -0.169. The minimum absolute atomic E-state index is 0.169. The lowest BCUT2D eigenvalue weighted by atomic mass is 9.98. The molecule has 1 fully saturated rings. The first-order chi connectivity index (χ1) is 9.93. The van der Waals surface area contributed by atoms with Crippen molar-refractivity contribution in [2.45, 2.75) is 51.7 Å². The van der Waals surface area contributed by atoms with Crippen LogP contribution < -0.4 is 5.56 Å². The van der Waals surface area contributed by atoms with Crippen molar-refractivity contribution in [1.29, 1.82) is 0 Å². The largest absolute Gasteiger partial charge is 0.390 e. The van der Waals surface area contributed by atoms with Gasteiger partial charge >= 0.3 is 0 Å². The van der Waals surface area contributed by atoms with E-state index in [0.29, 0.717) is 38.2 Å².